The molecule has 1 atom stereocenters. The third-order valence-corrected chi connectivity index (χ3v) is 2.72. The first-order valence-corrected chi connectivity index (χ1v) is 6.01. The second-order valence-corrected chi connectivity index (χ2v) is 4.88. The lowest BCUT2D eigenvalue weighted by molar-refractivity contribution is 0.237. The van der Waals surface area contributed by atoms with Gasteiger partial charge in [0.05, 0.1) is 12.6 Å². The van der Waals surface area contributed by atoms with E-state index in [0.29, 0.717) is 12.0 Å². The van der Waals surface area contributed by atoms with Gasteiger partial charge in [0.25, 0.3) is 0 Å². The number of hydrogen-bond acceptors (Lipinski definition) is 2. The molecule has 0 amide bonds. The minimum atomic E-state index is 0.0428. The van der Waals surface area contributed by atoms with Crippen molar-refractivity contribution in [2.45, 2.75) is 45.7 Å². The smallest absolute Gasteiger partial charge is 0.0626 e. The molecular formula is C14H23NO. The molecule has 1 aromatic rings. The third-order valence-electron chi connectivity index (χ3n) is 2.72. The van der Waals surface area contributed by atoms with Gasteiger partial charge in [-0.3, -0.25) is 0 Å². The van der Waals surface area contributed by atoms with Crippen molar-refractivity contribution in [2.24, 2.45) is 0 Å². The summed E-state index contributed by atoms with van der Waals surface area (Å²) in [6, 6.07) is 8.91. The van der Waals surface area contributed by atoms with Gasteiger partial charge >= 0.3 is 0 Å². The molecular weight excluding hydrogens is 198 g/mol. The molecule has 0 saturated carbocycles. The third kappa shape index (κ3) is 3.62. The molecule has 0 aliphatic carbocycles. The largest absolute Gasteiger partial charge is 0.394 e. The highest BCUT2D eigenvalue weighted by atomic mass is 16.3. The zero-order valence-electron chi connectivity index (χ0n) is 10.7. The lowest BCUT2D eigenvalue weighted by Gasteiger charge is -2.20. The Hall–Kier alpha value is -0.860. The SMILES string of the molecule is CC(C)NC(CO)c1ccc(C(C)C)cc1. The van der Waals surface area contributed by atoms with E-state index in [4.69, 9.17) is 0 Å². The molecule has 0 aliphatic rings. The van der Waals surface area contributed by atoms with Gasteiger partial charge in [-0.25, -0.2) is 0 Å². The van der Waals surface area contributed by atoms with Crippen molar-refractivity contribution in [3.05, 3.63) is 35.4 Å². The first-order valence-electron chi connectivity index (χ1n) is 6.01. The van der Waals surface area contributed by atoms with Crippen LogP contribution in [0.15, 0.2) is 24.3 Å². The Labute approximate surface area is 98.7 Å². The van der Waals surface area contributed by atoms with Gasteiger partial charge in [0, 0.05) is 6.04 Å². The molecule has 1 unspecified atom stereocenters. The number of benzene rings is 1. The maximum atomic E-state index is 9.34. The maximum Gasteiger partial charge on any atom is 0.0626 e. The van der Waals surface area contributed by atoms with E-state index in [0.717, 1.165) is 5.56 Å². The average molecular weight is 221 g/mol. The maximum absolute atomic E-state index is 9.34. The Morgan fingerprint density at radius 2 is 1.50 bits per heavy atom. The van der Waals surface area contributed by atoms with Crippen LogP contribution < -0.4 is 5.32 Å². The fraction of sp³-hybridized carbons (Fsp3) is 0.571. The summed E-state index contributed by atoms with van der Waals surface area (Å²) in [7, 11) is 0. The Balaban J connectivity index is 2.78. The number of hydrogen-bond donors (Lipinski definition) is 2. The van der Waals surface area contributed by atoms with Crippen LogP contribution in [0.3, 0.4) is 0 Å². The molecule has 16 heavy (non-hydrogen) atoms. The van der Waals surface area contributed by atoms with Crippen LogP contribution >= 0.6 is 0 Å². The molecule has 1 aromatic carbocycles. The van der Waals surface area contributed by atoms with Gasteiger partial charge < -0.3 is 10.4 Å². The van der Waals surface area contributed by atoms with Crippen LogP contribution in [0.25, 0.3) is 0 Å². The topological polar surface area (TPSA) is 32.3 Å². The van der Waals surface area contributed by atoms with Crippen LogP contribution in [0.2, 0.25) is 0 Å². The summed E-state index contributed by atoms with van der Waals surface area (Å²) in [6.45, 7) is 8.69. The standard InChI is InChI=1S/C14H23NO/c1-10(2)12-5-7-13(8-6-12)14(9-16)15-11(3)4/h5-8,10-11,14-16H,9H2,1-4H3. The molecule has 0 saturated heterocycles. The van der Waals surface area contributed by atoms with Crippen LogP contribution in [0.4, 0.5) is 0 Å². The Bertz CT molecular complexity index is 303. The van der Waals surface area contributed by atoms with Crippen molar-refractivity contribution in [3.8, 4) is 0 Å². The second kappa shape index (κ2) is 6.02. The zero-order chi connectivity index (χ0) is 12.1. The summed E-state index contributed by atoms with van der Waals surface area (Å²) in [4.78, 5) is 0. The molecule has 0 fully saturated rings. The molecule has 2 nitrogen and oxygen atoms in total. The van der Waals surface area contributed by atoms with Gasteiger partial charge in [0.15, 0.2) is 0 Å². The number of nitrogens with one attached hydrogen (secondary N) is 1. The average Bonchev–Trinajstić information content (AvgIpc) is 2.25. The number of rotatable bonds is 5. The lowest BCUT2D eigenvalue weighted by Crippen LogP contribution is -2.30. The molecule has 1 rings (SSSR count). The summed E-state index contributed by atoms with van der Waals surface area (Å²) in [5.74, 6) is 0.555. The normalized spacial score (nSPS) is 13.4. The molecule has 0 bridgehead atoms. The molecule has 0 aliphatic heterocycles. The van der Waals surface area contributed by atoms with E-state index in [2.05, 4.69) is 57.3 Å². The van der Waals surface area contributed by atoms with Crippen molar-refractivity contribution in [3.63, 3.8) is 0 Å². The zero-order valence-corrected chi connectivity index (χ0v) is 10.7. The Morgan fingerprint density at radius 1 is 1.00 bits per heavy atom. The summed E-state index contributed by atoms with van der Waals surface area (Å²) in [5.41, 5.74) is 2.49. The molecule has 0 heterocycles. The predicted molar refractivity (Wildman–Crippen MR) is 68.6 cm³/mol. The van der Waals surface area contributed by atoms with E-state index < -0.39 is 0 Å². The van der Waals surface area contributed by atoms with Crippen molar-refractivity contribution >= 4 is 0 Å². The molecule has 2 heteroatoms. The van der Waals surface area contributed by atoms with Crippen molar-refractivity contribution < 1.29 is 5.11 Å². The van der Waals surface area contributed by atoms with Gasteiger partial charge in [0.2, 0.25) is 0 Å². The minimum Gasteiger partial charge on any atom is -0.394 e. The van der Waals surface area contributed by atoms with Gasteiger partial charge in [0.1, 0.15) is 0 Å². The van der Waals surface area contributed by atoms with Crippen LogP contribution in [0.5, 0.6) is 0 Å². The van der Waals surface area contributed by atoms with Crippen LogP contribution in [0, 0.1) is 0 Å². The Kier molecular flexibility index (Phi) is 4.97. The minimum absolute atomic E-state index is 0.0428. The Morgan fingerprint density at radius 3 is 1.88 bits per heavy atom. The highest BCUT2D eigenvalue weighted by Crippen LogP contribution is 2.18. The van der Waals surface area contributed by atoms with Crippen molar-refractivity contribution in [1.29, 1.82) is 0 Å². The highest BCUT2D eigenvalue weighted by molar-refractivity contribution is 5.27. The quantitative estimate of drug-likeness (QED) is 0.801. The number of aliphatic hydroxyl groups is 1. The van der Waals surface area contributed by atoms with Crippen LogP contribution in [0.1, 0.15) is 50.8 Å². The highest BCUT2D eigenvalue weighted by Gasteiger charge is 2.11. The van der Waals surface area contributed by atoms with Gasteiger partial charge in [-0.05, 0) is 17.0 Å². The fourth-order valence-corrected chi connectivity index (χ4v) is 1.77. The first kappa shape index (κ1) is 13.2. The predicted octanol–water partition coefficient (Wildman–Crippen LogP) is 2.84. The lowest BCUT2D eigenvalue weighted by atomic mass is 9.99. The molecule has 0 radical (unpaired) electrons. The van der Waals surface area contributed by atoms with E-state index in [-0.39, 0.29) is 12.6 Å². The summed E-state index contributed by atoms with van der Waals surface area (Å²) in [6.07, 6.45) is 0. The van der Waals surface area contributed by atoms with E-state index in [1.54, 1.807) is 0 Å². The van der Waals surface area contributed by atoms with Gasteiger partial charge in [-0.2, -0.15) is 0 Å². The van der Waals surface area contributed by atoms with E-state index >= 15 is 0 Å². The summed E-state index contributed by atoms with van der Waals surface area (Å²) >= 11 is 0. The first-order chi connectivity index (χ1) is 7.54. The van der Waals surface area contributed by atoms with E-state index in [1.165, 1.54) is 5.56 Å². The second-order valence-electron chi connectivity index (χ2n) is 4.88. The number of aliphatic hydroxyl groups excluding tert-OH is 1. The summed E-state index contributed by atoms with van der Waals surface area (Å²) < 4.78 is 0. The van der Waals surface area contributed by atoms with Crippen LogP contribution in [-0.2, 0) is 0 Å². The van der Waals surface area contributed by atoms with Crippen LogP contribution in [-0.4, -0.2) is 17.8 Å². The van der Waals surface area contributed by atoms with E-state index in [1.807, 2.05) is 0 Å². The molecule has 2 N–H and O–H groups in total. The monoisotopic (exact) mass is 221 g/mol. The molecule has 90 valence electrons. The molecule has 0 aromatic heterocycles. The van der Waals surface area contributed by atoms with Crippen molar-refractivity contribution in [1.82, 2.24) is 5.32 Å². The van der Waals surface area contributed by atoms with Gasteiger partial charge in [-0.1, -0.05) is 52.0 Å². The van der Waals surface area contributed by atoms with E-state index in [9.17, 15) is 5.11 Å². The van der Waals surface area contributed by atoms with Gasteiger partial charge in [-0.15, -0.1) is 0 Å². The summed E-state index contributed by atoms with van der Waals surface area (Å²) in [5, 5.41) is 12.7. The van der Waals surface area contributed by atoms with Crippen molar-refractivity contribution in [2.75, 3.05) is 6.61 Å². The fourth-order valence-electron chi connectivity index (χ4n) is 1.77. The molecule has 0 spiro atoms.